The van der Waals surface area contributed by atoms with Crippen LogP contribution in [0.1, 0.15) is 30.4 Å². The van der Waals surface area contributed by atoms with Gasteiger partial charge in [-0.05, 0) is 44.2 Å². The Hall–Kier alpha value is -1.90. The van der Waals surface area contributed by atoms with Gasteiger partial charge in [-0.15, -0.1) is 0 Å². The van der Waals surface area contributed by atoms with Crippen molar-refractivity contribution in [2.75, 3.05) is 0 Å². The van der Waals surface area contributed by atoms with Gasteiger partial charge in [0, 0.05) is 5.56 Å². The third-order valence-electron chi connectivity index (χ3n) is 3.87. The summed E-state index contributed by atoms with van der Waals surface area (Å²) in [6.07, 6.45) is 2.92. The van der Waals surface area contributed by atoms with E-state index in [0.29, 0.717) is 5.92 Å². The Morgan fingerprint density at radius 1 is 1.26 bits per heavy atom. The lowest BCUT2D eigenvalue weighted by atomic mass is 9.88. The van der Waals surface area contributed by atoms with Gasteiger partial charge in [-0.1, -0.05) is 25.1 Å². The molecule has 19 heavy (non-hydrogen) atoms. The molecule has 3 heteroatoms. The summed E-state index contributed by atoms with van der Waals surface area (Å²) in [6, 6.07) is 9.76. The third-order valence-corrected chi connectivity index (χ3v) is 3.87. The molecular formula is C16H18N2O. The Kier molecular flexibility index (Phi) is 2.97. The van der Waals surface area contributed by atoms with E-state index in [1.54, 1.807) is 4.57 Å². The molecule has 98 valence electrons. The summed E-state index contributed by atoms with van der Waals surface area (Å²) in [5.41, 5.74) is 2.93. The summed E-state index contributed by atoms with van der Waals surface area (Å²) in [5.74, 6) is 1.36. The Bertz CT molecular complexity index is 658. The van der Waals surface area contributed by atoms with E-state index in [1.165, 1.54) is 0 Å². The van der Waals surface area contributed by atoms with Gasteiger partial charge in [0.1, 0.15) is 5.82 Å². The number of aryl methyl sites for hydroxylation is 2. The maximum atomic E-state index is 12.7. The number of benzene rings is 1. The van der Waals surface area contributed by atoms with Gasteiger partial charge in [0.15, 0.2) is 0 Å². The quantitative estimate of drug-likeness (QED) is 0.784. The first-order valence-corrected chi connectivity index (χ1v) is 6.83. The molecule has 3 rings (SSSR count). The van der Waals surface area contributed by atoms with Crippen molar-refractivity contribution < 1.29 is 0 Å². The summed E-state index contributed by atoms with van der Waals surface area (Å²) in [7, 11) is 0. The zero-order valence-corrected chi connectivity index (χ0v) is 11.4. The minimum atomic E-state index is 0.111. The second kappa shape index (κ2) is 4.65. The molecule has 0 saturated heterocycles. The molecule has 0 saturated carbocycles. The zero-order valence-electron chi connectivity index (χ0n) is 11.4. The van der Waals surface area contributed by atoms with Crippen molar-refractivity contribution in [3.05, 3.63) is 57.8 Å². The lowest BCUT2D eigenvalue weighted by Gasteiger charge is -2.22. The monoisotopic (exact) mass is 254 g/mol. The van der Waals surface area contributed by atoms with Crippen LogP contribution in [-0.2, 0) is 12.8 Å². The molecule has 0 aliphatic heterocycles. The summed E-state index contributed by atoms with van der Waals surface area (Å²) < 4.78 is 1.73. The van der Waals surface area contributed by atoms with Crippen LogP contribution in [0.2, 0.25) is 0 Å². The molecule has 3 nitrogen and oxygen atoms in total. The van der Waals surface area contributed by atoms with E-state index in [0.717, 1.165) is 42.0 Å². The molecule has 0 spiro atoms. The molecule has 1 heterocycles. The summed E-state index contributed by atoms with van der Waals surface area (Å²) in [6.45, 7) is 4.11. The van der Waals surface area contributed by atoms with Crippen molar-refractivity contribution in [3.63, 3.8) is 0 Å². The van der Waals surface area contributed by atoms with E-state index in [9.17, 15) is 4.79 Å². The molecule has 2 aromatic rings. The Balaban J connectivity index is 2.22. The molecule has 1 atom stereocenters. The highest BCUT2D eigenvalue weighted by Crippen LogP contribution is 2.22. The van der Waals surface area contributed by atoms with E-state index < -0.39 is 0 Å². The molecule has 0 N–H and O–H groups in total. The van der Waals surface area contributed by atoms with Crippen LogP contribution in [0.15, 0.2) is 35.1 Å². The summed E-state index contributed by atoms with van der Waals surface area (Å²) in [5, 5.41) is 0. The van der Waals surface area contributed by atoms with Crippen LogP contribution in [0.25, 0.3) is 5.69 Å². The largest absolute Gasteiger partial charge is 0.269 e. The fourth-order valence-corrected chi connectivity index (χ4v) is 2.84. The smallest absolute Gasteiger partial charge is 0.261 e. The predicted molar refractivity (Wildman–Crippen MR) is 75.8 cm³/mol. The Morgan fingerprint density at radius 3 is 2.74 bits per heavy atom. The lowest BCUT2D eigenvalue weighted by Crippen LogP contribution is -2.31. The first kappa shape index (κ1) is 12.2. The number of hydrogen-bond donors (Lipinski definition) is 0. The van der Waals surface area contributed by atoms with Crippen molar-refractivity contribution in [1.29, 1.82) is 0 Å². The minimum absolute atomic E-state index is 0.111. The molecule has 1 unspecified atom stereocenters. The predicted octanol–water partition coefficient (Wildman–Crippen LogP) is 2.67. The molecule has 0 radical (unpaired) electrons. The van der Waals surface area contributed by atoms with Gasteiger partial charge >= 0.3 is 0 Å². The SMILES string of the molecule is Cc1nc2c(c(=O)n1-c1ccccc1)CC(C)CC2. The number of para-hydroxylation sites is 1. The van der Waals surface area contributed by atoms with Crippen molar-refractivity contribution in [1.82, 2.24) is 9.55 Å². The highest BCUT2D eigenvalue weighted by molar-refractivity contribution is 5.35. The third kappa shape index (κ3) is 2.09. The number of fused-ring (bicyclic) bond motifs is 1. The molecule has 1 aromatic carbocycles. The summed E-state index contributed by atoms with van der Waals surface area (Å²) in [4.78, 5) is 17.4. The van der Waals surface area contributed by atoms with E-state index in [2.05, 4.69) is 11.9 Å². The Labute approximate surface area is 112 Å². The molecular weight excluding hydrogens is 236 g/mol. The Morgan fingerprint density at radius 2 is 2.00 bits per heavy atom. The van der Waals surface area contributed by atoms with Gasteiger partial charge in [-0.3, -0.25) is 9.36 Å². The van der Waals surface area contributed by atoms with E-state index in [-0.39, 0.29) is 5.56 Å². The van der Waals surface area contributed by atoms with E-state index in [1.807, 2.05) is 37.3 Å². The standard InChI is InChI=1S/C16H18N2O/c1-11-8-9-15-14(10-11)16(19)18(12(2)17-15)13-6-4-3-5-7-13/h3-7,11H,8-10H2,1-2H3. The second-order valence-electron chi connectivity index (χ2n) is 5.41. The fourth-order valence-electron chi connectivity index (χ4n) is 2.84. The number of hydrogen-bond acceptors (Lipinski definition) is 2. The molecule has 1 aliphatic carbocycles. The first-order valence-electron chi connectivity index (χ1n) is 6.83. The average molecular weight is 254 g/mol. The highest BCUT2D eigenvalue weighted by Gasteiger charge is 2.22. The van der Waals surface area contributed by atoms with Gasteiger partial charge in [0.05, 0.1) is 11.4 Å². The molecule has 0 amide bonds. The molecule has 1 aliphatic rings. The molecule has 1 aromatic heterocycles. The van der Waals surface area contributed by atoms with Crippen molar-refractivity contribution >= 4 is 0 Å². The van der Waals surface area contributed by atoms with Crippen LogP contribution in [0.5, 0.6) is 0 Å². The van der Waals surface area contributed by atoms with E-state index in [4.69, 9.17) is 0 Å². The minimum Gasteiger partial charge on any atom is -0.269 e. The highest BCUT2D eigenvalue weighted by atomic mass is 16.1. The van der Waals surface area contributed by atoms with Crippen molar-refractivity contribution in [2.45, 2.75) is 33.1 Å². The van der Waals surface area contributed by atoms with Gasteiger partial charge in [0.25, 0.3) is 5.56 Å². The average Bonchev–Trinajstić information content (AvgIpc) is 2.41. The molecule has 0 fully saturated rings. The fraction of sp³-hybridized carbons (Fsp3) is 0.375. The van der Waals surface area contributed by atoms with Gasteiger partial charge in [-0.25, -0.2) is 4.98 Å². The van der Waals surface area contributed by atoms with Crippen molar-refractivity contribution in [2.24, 2.45) is 5.92 Å². The number of rotatable bonds is 1. The zero-order chi connectivity index (χ0) is 13.4. The van der Waals surface area contributed by atoms with Gasteiger partial charge in [-0.2, -0.15) is 0 Å². The van der Waals surface area contributed by atoms with Crippen LogP contribution >= 0.6 is 0 Å². The number of aromatic nitrogens is 2. The lowest BCUT2D eigenvalue weighted by molar-refractivity contribution is 0.485. The number of nitrogens with zero attached hydrogens (tertiary/aromatic N) is 2. The van der Waals surface area contributed by atoms with Gasteiger partial charge < -0.3 is 0 Å². The maximum Gasteiger partial charge on any atom is 0.261 e. The van der Waals surface area contributed by atoms with Crippen LogP contribution in [0.4, 0.5) is 0 Å². The van der Waals surface area contributed by atoms with Gasteiger partial charge in [0.2, 0.25) is 0 Å². The summed E-state index contributed by atoms with van der Waals surface area (Å²) >= 11 is 0. The topological polar surface area (TPSA) is 34.9 Å². The second-order valence-corrected chi connectivity index (χ2v) is 5.41. The normalized spacial score (nSPS) is 18.1. The van der Waals surface area contributed by atoms with Crippen LogP contribution in [-0.4, -0.2) is 9.55 Å². The van der Waals surface area contributed by atoms with Crippen molar-refractivity contribution in [3.8, 4) is 5.69 Å². The van der Waals surface area contributed by atoms with E-state index >= 15 is 0 Å². The maximum absolute atomic E-state index is 12.7. The van der Waals surface area contributed by atoms with Crippen LogP contribution in [0, 0.1) is 12.8 Å². The first-order chi connectivity index (χ1) is 9.16. The van der Waals surface area contributed by atoms with Crippen LogP contribution < -0.4 is 5.56 Å². The molecule has 0 bridgehead atoms. The van der Waals surface area contributed by atoms with Crippen LogP contribution in [0.3, 0.4) is 0 Å².